The van der Waals surface area contributed by atoms with Crippen molar-refractivity contribution in [3.8, 4) is 0 Å². The Morgan fingerprint density at radius 2 is 2.31 bits per heavy atom. The third kappa shape index (κ3) is 5.65. The second-order valence-electron chi connectivity index (χ2n) is 2.42. The molecular formula is C7H10O3S2Te. The minimum absolute atomic E-state index is 0.0941. The second-order valence-corrected chi connectivity index (χ2v) is 8.99. The molecule has 1 rings (SSSR count). The molecule has 0 unspecified atom stereocenters. The van der Waals surface area contributed by atoms with Crippen molar-refractivity contribution < 1.29 is 13.0 Å². The summed E-state index contributed by atoms with van der Waals surface area (Å²) >= 11 is 1.51. The van der Waals surface area contributed by atoms with Gasteiger partial charge in [-0.25, -0.2) is 0 Å². The zero-order chi connectivity index (χ0) is 9.73. The van der Waals surface area contributed by atoms with Crippen molar-refractivity contribution in [2.24, 2.45) is 0 Å². The van der Waals surface area contributed by atoms with E-state index in [0.717, 1.165) is 4.47 Å². The first-order chi connectivity index (χ1) is 6.08. The predicted molar refractivity (Wildman–Crippen MR) is 55.5 cm³/mol. The van der Waals surface area contributed by atoms with E-state index in [9.17, 15) is 8.42 Å². The van der Waals surface area contributed by atoms with Crippen LogP contribution in [0.1, 0.15) is 6.42 Å². The van der Waals surface area contributed by atoms with Crippen molar-refractivity contribution in [3.63, 3.8) is 0 Å². The summed E-state index contributed by atoms with van der Waals surface area (Å²) in [6, 6.07) is 4.09. The molecule has 0 amide bonds. The molecule has 1 heterocycles. The fourth-order valence-electron chi connectivity index (χ4n) is 0.760. The van der Waals surface area contributed by atoms with Gasteiger partial charge in [0.1, 0.15) is 0 Å². The molecule has 0 radical (unpaired) electrons. The van der Waals surface area contributed by atoms with Gasteiger partial charge in [-0.1, -0.05) is 0 Å². The van der Waals surface area contributed by atoms with E-state index in [2.05, 4.69) is 6.07 Å². The number of rotatable bonds is 5. The van der Waals surface area contributed by atoms with E-state index in [1.807, 2.05) is 11.4 Å². The SMILES string of the molecule is O=S(=O)(O)CCC[Te]c1cccs1. The molecule has 0 saturated carbocycles. The van der Waals surface area contributed by atoms with Crippen LogP contribution >= 0.6 is 11.3 Å². The average molecular weight is 334 g/mol. The summed E-state index contributed by atoms with van der Waals surface area (Å²) in [7, 11) is -3.74. The van der Waals surface area contributed by atoms with E-state index in [-0.39, 0.29) is 26.7 Å². The zero-order valence-electron chi connectivity index (χ0n) is 6.84. The molecule has 1 aromatic heterocycles. The number of hydrogen-bond acceptors (Lipinski definition) is 3. The normalized spacial score (nSPS) is 11.8. The summed E-state index contributed by atoms with van der Waals surface area (Å²) < 4.78 is 31.5. The Bertz CT molecular complexity index is 331. The van der Waals surface area contributed by atoms with Gasteiger partial charge in [0.25, 0.3) is 0 Å². The van der Waals surface area contributed by atoms with Crippen LogP contribution in [0.5, 0.6) is 0 Å². The number of hydrogen-bond donors (Lipinski definition) is 1. The van der Waals surface area contributed by atoms with Crippen LogP contribution in [0, 0.1) is 0 Å². The van der Waals surface area contributed by atoms with Crippen molar-refractivity contribution in [3.05, 3.63) is 17.5 Å². The van der Waals surface area contributed by atoms with E-state index in [0.29, 0.717) is 6.42 Å². The Balaban J connectivity index is 2.16. The minimum atomic E-state index is -3.74. The first-order valence-electron chi connectivity index (χ1n) is 3.69. The molecule has 3 nitrogen and oxygen atoms in total. The van der Waals surface area contributed by atoms with Gasteiger partial charge in [0, 0.05) is 0 Å². The molecule has 74 valence electrons. The van der Waals surface area contributed by atoms with Crippen molar-refractivity contribution in [2.75, 3.05) is 5.75 Å². The quantitative estimate of drug-likeness (QED) is 0.492. The molecule has 0 saturated heterocycles. The first kappa shape index (κ1) is 11.5. The molecule has 6 heteroatoms. The molecular weight excluding hydrogens is 324 g/mol. The summed E-state index contributed by atoms with van der Waals surface area (Å²) in [6.45, 7) is 0. The fourth-order valence-corrected chi connectivity index (χ4v) is 5.87. The monoisotopic (exact) mass is 336 g/mol. The van der Waals surface area contributed by atoms with E-state index in [4.69, 9.17) is 4.55 Å². The van der Waals surface area contributed by atoms with E-state index in [1.165, 1.54) is 2.93 Å². The predicted octanol–water partition coefficient (Wildman–Crippen LogP) is 0.774. The molecule has 0 atom stereocenters. The molecule has 0 spiro atoms. The van der Waals surface area contributed by atoms with Crippen LogP contribution in [0.4, 0.5) is 0 Å². The van der Waals surface area contributed by atoms with Gasteiger partial charge in [0.15, 0.2) is 0 Å². The van der Waals surface area contributed by atoms with Gasteiger partial charge in [-0.3, -0.25) is 0 Å². The third-order valence-corrected chi connectivity index (χ3v) is 6.97. The summed E-state index contributed by atoms with van der Waals surface area (Å²) in [5.74, 6) is -0.0941. The van der Waals surface area contributed by atoms with Crippen LogP contribution in [0.3, 0.4) is 0 Å². The maximum absolute atomic E-state index is 10.4. The van der Waals surface area contributed by atoms with E-state index in [1.54, 1.807) is 11.3 Å². The molecule has 0 fully saturated rings. The Kier molecular flexibility index (Phi) is 4.70. The summed E-state index contributed by atoms with van der Waals surface area (Å²) in [5, 5.41) is 2.03. The van der Waals surface area contributed by atoms with Gasteiger partial charge < -0.3 is 0 Å². The fraction of sp³-hybridized carbons (Fsp3) is 0.429. The number of thiophene rings is 1. The first-order valence-corrected chi connectivity index (χ1v) is 8.99. The van der Waals surface area contributed by atoms with Crippen LogP contribution in [0.2, 0.25) is 4.47 Å². The summed E-state index contributed by atoms with van der Waals surface area (Å²) in [6.07, 6.45) is 0.582. The van der Waals surface area contributed by atoms with Crippen molar-refractivity contribution in [1.29, 1.82) is 0 Å². The van der Waals surface area contributed by atoms with Crippen LogP contribution in [0.15, 0.2) is 17.5 Å². The molecule has 1 aromatic rings. The Morgan fingerprint density at radius 3 is 2.85 bits per heavy atom. The van der Waals surface area contributed by atoms with Gasteiger partial charge in [0.05, 0.1) is 0 Å². The second kappa shape index (κ2) is 5.32. The van der Waals surface area contributed by atoms with Crippen molar-refractivity contribution in [1.82, 2.24) is 0 Å². The Labute approximate surface area is 92.0 Å². The van der Waals surface area contributed by atoms with Crippen LogP contribution < -0.4 is 2.93 Å². The van der Waals surface area contributed by atoms with Crippen molar-refractivity contribution >= 4 is 45.3 Å². The van der Waals surface area contributed by atoms with Crippen molar-refractivity contribution in [2.45, 2.75) is 10.9 Å². The van der Waals surface area contributed by atoms with Gasteiger partial charge >= 0.3 is 92.4 Å². The van der Waals surface area contributed by atoms with E-state index < -0.39 is 10.1 Å². The molecule has 0 aromatic carbocycles. The Hall–Kier alpha value is 0.400. The summed E-state index contributed by atoms with van der Waals surface area (Å²) in [5.41, 5.74) is 0. The maximum atomic E-state index is 10.4. The van der Waals surface area contributed by atoms with E-state index >= 15 is 0 Å². The standard InChI is InChI=1S/C7H10O3S2Te/c8-12(9,10)5-2-6-13-7-3-1-4-11-7/h1,3-4H,2,5-6H2,(H,8,9,10). The third-order valence-electron chi connectivity index (χ3n) is 1.29. The van der Waals surface area contributed by atoms with Gasteiger partial charge in [0.2, 0.25) is 0 Å². The van der Waals surface area contributed by atoms with Gasteiger partial charge in [-0.2, -0.15) is 0 Å². The molecule has 13 heavy (non-hydrogen) atoms. The average Bonchev–Trinajstić information content (AvgIpc) is 2.48. The van der Waals surface area contributed by atoms with Crippen LogP contribution in [0.25, 0.3) is 0 Å². The molecule has 0 aliphatic heterocycles. The Morgan fingerprint density at radius 1 is 1.54 bits per heavy atom. The molecule has 1 N–H and O–H groups in total. The zero-order valence-corrected chi connectivity index (χ0v) is 10.8. The molecule has 0 aliphatic rings. The topological polar surface area (TPSA) is 54.4 Å². The molecule has 0 bridgehead atoms. The van der Waals surface area contributed by atoms with Gasteiger partial charge in [-0.05, 0) is 0 Å². The van der Waals surface area contributed by atoms with Crippen LogP contribution in [-0.4, -0.2) is 39.6 Å². The van der Waals surface area contributed by atoms with Crippen LogP contribution in [-0.2, 0) is 10.1 Å². The van der Waals surface area contributed by atoms with Gasteiger partial charge in [-0.15, -0.1) is 0 Å². The molecule has 0 aliphatic carbocycles. The summed E-state index contributed by atoms with van der Waals surface area (Å²) in [4.78, 5) is 0.